The quantitative estimate of drug-likeness (QED) is 0.435. The molecule has 8 heteroatoms. The molecule has 102 valence electrons. The molecule has 4 N–H and O–H groups in total. The Bertz CT molecular complexity index is 310. The zero-order valence-corrected chi connectivity index (χ0v) is 11.7. The maximum atomic E-state index is 10.6. The van der Waals surface area contributed by atoms with E-state index < -0.39 is 0 Å². The summed E-state index contributed by atoms with van der Waals surface area (Å²) in [6.07, 6.45) is 0.881. The second kappa shape index (κ2) is 6.14. The molecule has 4 unspecified atom stereocenters. The molecule has 18 heavy (non-hydrogen) atoms. The van der Waals surface area contributed by atoms with Crippen LogP contribution in [0.2, 0.25) is 0 Å². The fourth-order valence-electron chi connectivity index (χ4n) is 1.60. The first-order valence-electron chi connectivity index (χ1n) is 5.93. The van der Waals surface area contributed by atoms with Crippen molar-refractivity contribution in [3.8, 4) is 0 Å². The zero-order valence-electron chi connectivity index (χ0n) is 10.1. The van der Waals surface area contributed by atoms with Gasteiger partial charge in [0.2, 0.25) is 11.8 Å². The van der Waals surface area contributed by atoms with Crippen LogP contribution in [0.5, 0.6) is 0 Å². The Morgan fingerprint density at radius 3 is 1.67 bits per heavy atom. The Hall–Kier alpha value is -0.440. The molecule has 2 fully saturated rings. The summed E-state index contributed by atoms with van der Waals surface area (Å²) < 4.78 is 0. The molecule has 0 saturated carbocycles. The number of primary amides is 2. The van der Waals surface area contributed by atoms with Gasteiger partial charge in [-0.3, -0.25) is 19.4 Å². The van der Waals surface area contributed by atoms with E-state index in [0.717, 1.165) is 26.2 Å². The van der Waals surface area contributed by atoms with E-state index in [-0.39, 0.29) is 11.8 Å². The number of hydrogen-bond donors (Lipinski definition) is 2. The third kappa shape index (κ3) is 4.68. The minimum absolute atomic E-state index is 0.238. The van der Waals surface area contributed by atoms with Gasteiger partial charge in [0.25, 0.3) is 0 Å². The Morgan fingerprint density at radius 2 is 1.33 bits per heavy atom. The lowest BCUT2D eigenvalue weighted by Crippen LogP contribution is -2.16. The molecule has 0 spiro atoms. The third-order valence-electron chi connectivity index (χ3n) is 2.90. The summed E-state index contributed by atoms with van der Waals surface area (Å²) in [6.45, 7) is 3.62. The van der Waals surface area contributed by atoms with Crippen molar-refractivity contribution < 1.29 is 9.59 Å². The Kier molecular flexibility index (Phi) is 4.77. The smallest absolute Gasteiger partial charge is 0.218 e. The van der Waals surface area contributed by atoms with E-state index in [1.54, 1.807) is 0 Å². The van der Waals surface area contributed by atoms with Gasteiger partial charge in [-0.25, -0.2) is 0 Å². The number of nitrogens with two attached hydrogens (primary N) is 2. The second-order valence-electron chi connectivity index (χ2n) is 4.52. The SMILES string of the molecule is NC(=O)CCN1CC1SSC1CN1CCC(N)=O. The van der Waals surface area contributed by atoms with Crippen molar-refractivity contribution in [3.05, 3.63) is 0 Å². The average molecular weight is 290 g/mol. The van der Waals surface area contributed by atoms with Gasteiger partial charge in [-0.2, -0.15) is 0 Å². The predicted octanol–water partition coefficient (Wildman–Crippen LogP) is -0.598. The van der Waals surface area contributed by atoms with Gasteiger partial charge in [-0.1, -0.05) is 21.6 Å². The monoisotopic (exact) mass is 290 g/mol. The molecule has 4 atom stereocenters. The lowest BCUT2D eigenvalue weighted by Gasteiger charge is -2.02. The summed E-state index contributed by atoms with van der Waals surface area (Å²) in [7, 11) is 3.69. The number of hydrogen-bond acceptors (Lipinski definition) is 6. The van der Waals surface area contributed by atoms with Gasteiger partial charge in [-0.15, -0.1) is 0 Å². The summed E-state index contributed by atoms with van der Waals surface area (Å²) in [4.78, 5) is 25.7. The molecule has 0 aliphatic carbocycles. The van der Waals surface area contributed by atoms with Gasteiger partial charge in [0.15, 0.2) is 0 Å². The summed E-state index contributed by atoms with van der Waals surface area (Å²) >= 11 is 0. The lowest BCUT2D eigenvalue weighted by atomic mass is 10.4. The molecule has 6 nitrogen and oxygen atoms in total. The van der Waals surface area contributed by atoms with E-state index >= 15 is 0 Å². The number of rotatable bonds is 9. The molecule has 2 rings (SSSR count). The normalized spacial score (nSPS) is 33.1. The van der Waals surface area contributed by atoms with E-state index in [4.69, 9.17) is 11.5 Å². The van der Waals surface area contributed by atoms with E-state index in [1.807, 2.05) is 21.6 Å². The molecule has 2 heterocycles. The molecular formula is C10H18N4O2S2. The van der Waals surface area contributed by atoms with Crippen molar-refractivity contribution in [1.82, 2.24) is 9.80 Å². The molecule has 2 saturated heterocycles. The van der Waals surface area contributed by atoms with E-state index in [0.29, 0.717) is 23.6 Å². The van der Waals surface area contributed by atoms with Crippen molar-refractivity contribution in [2.45, 2.75) is 23.6 Å². The van der Waals surface area contributed by atoms with Crippen LogP contribution in [0.25, 0.3) is 0 Å². The van der Waals surface area contributed by atoms with Crippen molar-refractivity contribution in [1.29, 1.82) is 0 Å². The molecule has 0 aromatic heterocycles. The topological polar surface area (TPSA) is 92.2 Å². The largest absolute Gasteiger partial charge is 0.370 e. The number of amides is 2. The Balaban J connectivity index is 1.48. The molecule has 0 aromatic rings. The zero-order chi connectivity index (χ0) is 13.1. The van der Waals surface area contributed by atoms with Crippen LogP contribution in [0.3, 0.4) is 0 Å². The highest BCUT2D eigenvalue weighted by Crippen LogP contribution is 2.45. The van der Waals surface area contributed by atoms with Crippen LogP contribution in [0.15, 0.2) is 0 Å². The van der Waals surface area contributed by atoms with Crippen LogP contribution in [0, 0.1) is 0 Å². The van der Waals surface area contributed by atoms with Crippen LogP contribution in [0.4, 0.5) is 0 Å². The van der Waals surface area contributed by atoms with Gasteiger partial charge >= 0.3 is 0 Å². The minimum Gasteiger partial charge on any atom is -0.370 e. The van der Waals surface area contributed by atoms with Gasteiger partial charge in [-0.05, 0) is 0 Å². The Labute approximate surface area is 114 Å². The highest BCUT2D eigenvalue weighted by molar-refractivity contribution is 8.77. The van der Waals surface area contributed by atoms with E-state index in [2.05, 4.69) is 9.80 Å². The molecular weight excluding hydrogens is 272 g/mol. The van der Waals surface area contributed by atoms with Crippen molar-refractivity contribution in [2.75, 3.05) is 26.2 Å². The van der Waals surface area contributed by atoms with Crippen molar-refractivity contribution in [2.24, 2.45) is 11.5 Å². The van der Waals surface area contributed by atoms with Gasteiger partial charge in [0, 0.05) is 39.0 Å². The predicted molar refractivity (Wildman–Crippen MR) is 73.5 cm³/mol. The first-order valence-corrected chi connectivity index (χ1v) is 8.20. The standard InChI is InChI=1S/C10H18N4O2S2/c11-7(15)1-3-13-5-9(13)17-18-10-6-14(10)4-2-8(12)16/h9-10H,1-6H2,(H2,11,15)(H2,12,16). The van der Waals surface area contributed by atoms with Crippen molar-refractivity contribution >= 4 is 33.4 Å². The highest BCUT2D eigenvalue weighted by atomic mass is 33.1. The van der Waals surface area contributed by atoms with Crippen LogP contribution in [-0.4, -0.2) is 58.5 Å². The molecule has 2 amide bonds. The molecule has 0 aromatic carbocycles. The maximum Gasteiger partial charge on any atom is 0.218 e. The van der Waals surface area contributed by atoms with Crippen LogP contribution >= 0.6 is 21.6 Å². The van der Waals surface area contributed by atoms with Crippen molar-refractivity contribution in [3.63, 3.8) is 0 Å². The first kappa shape index (κ1) is 14.0. The summed E-state index contributed by atoms with van der Waals surface area (Å²) in [6, 6.07) is 0. The summed E-state index contributed by atoms with van der Waals surface area (Å²) in [5.74, 6) is -0.476. The third-order valence-corrected chi connectivity index (χ3v) is 6.01. The maximum absolute atomic E-state index is 10.6. The van der Waals surface area contributed by atoms with E-state index in [9.17, 15) is 9.59 Å². The van der Waals surface area contributed by atoms with Gasteiger partial charge in [0.1, 0.15) is 0 Å². The Morgan fingerprint density at radius 1 is 0.944 bits per heavy atom. The lowest BCUT2D eigenvalue weighted by molar-refractivity contribution is -0.119. The van der Waals surface area contributed by atoms with Crippen LogP contribution in [-0.2, 0) is 9.59 Å². The van der Waals surface area contributed by atoms with Crippen LogP contribution < -0.4 is 11.5 Å². The first-order chi connectivity index (χ1) is 8.56. The van der Waals surface area contributed by atoms with Crippen LogP contribution in [0.1, 0.15) is 12.8 Å². The molecule has 0 bridgehead atoms. The molecule has 2 aliphatic rings. The summed E-state index contributed by atoms with van der Waals surface area (Å²) in [5.41, 5.74) is 10.2. The van der Waals surface area contributed by atoms with E-state index in [1.165, 1.54) is 0 Å². The number of carbonyl (C=O) groups excluding carboxylic acids is 2. The highest BCUT2D eigenvalue weighted by Gasteiger charge is 2.39. The fraction of sp³-hybridized carbons (Fsp3) is 0.800. The fourth-order valence-corrected chi connectivity index (χ4v) is 4.68. The average Bonchev–Trinajstić information content (AvgIpc) is 3.17. The van der Waals surface area contributed by atoms with Gasteiger partial charge < -0.3 is 11.5 Å². The minimum atomic E-state index is -0.238. The van der Waals surface area contributed by atoms with Gasteiger partial charge in [0.05, 0.1) is 10.7 Å². The summed E-state index contributed by atoms with van der Waals surface area (Å²) in [5, 5.41) is 1.04. The second-order valence-corrected chi connectivity index (χ2v) is 7.15. The number of carbonyl (C=O) groups is 2. The molecule has 2 aliphatic heterocycles. The molecule has 0 radical (unpaired) electrons. The number of nitrogens with zero attached hydrogens (tertiary/aromatic N) is 2.